The van der Waals surface area contributed by atoms with Gasteiger partial charge in [0.05, 0.1) is 18.3 Å². The van der Waals surface area contributed by atoms with Gasteiger partial charge in [-0.25, -0.2) is 0 Å². The van der Waals surface area contributed by atoms with Gasteiger partial charge in [-0.1, -0.05) is 67.5 Å². The molecule has 2 nitrogen and oxygen atoms in total. The molecule has 27 heavy (non-hydrogen) atoms. The molecule has 0 aromatic heterocycles. The highest BCUT2D eigenvalue weighted by atomic mass is 16.5. The van der Waals surface area contributed by atoms with Crippen LogP contribution in [0.4, 0.5) is 0 Å². The second-order valence-electron chi connectivity index (χ2n) is 11.2. The van der Waals surface area contributed by atoms with Crippen molar-refractivity contribution in [3.63, 3.8) is 0 Å². The van der Waals surface area contributed by atoms with E-state index in [-0.39, 0.29) is 16.4 Å². The third kappa shape index (κ3) is 10.3. The molecular formula is C25H47NO. The highest BCUT2D eigenvalue weighted by molar-refractivity contribution is 5.02. The van der Waals surface area contributed by atoms with Crippen molar-refractivity contribution in [2.24, 2.45) is 28.6 Å². The monoisotopic (exact) mass is 377 g/mol. The molecule has 0 rings (SSSR count). The van der Waals surface area contributed by atoms with Gasteiger partial charge in [-0.05, 0) is 68.1 Å². The smallest absolute Gasteiger partial charge is 0.0627 e. The van der Waals surface area contributed by atoms with Crippen molar-refractivity contribution < 1.29 is 4.74 Å². The molecular weight excluding hydrogens is 330 g/mol. The van der Waals surface area contributed by atoms with E-state index in [1.165, 1.54) is 5.57 Å². The standard InChI is InChI=1S/C25H47NO/c1-19(2)21(5)17-22(20(3)4)24(8,9)18-27-25(10,11)15-14-23(6,7)13-12-16-26/h19-20,22H,5,12-15,17-18H2,1-4,6-11H3. The summed E-state index contributed by atoms with van der Waals surface area (Å²) < 4.78 is 6.47. The minimum Gasteiger partial charge on any atom is -0.375 e. The first-order chi connectivity index (χ1) is 12.1. The predicted molar refractivity (Wildman–Crippen MR) is 119 cm³/mol. The molecule has 0 aliphatic heterocycles. The Labute approximate surface area is 170 Å². The van der Waals surface area contributed by atoms with E-state index >= 15 is 0 Å². The summed E-state index contributed by atoms with van der Waals surface area (Å²) in [4.78, 5) is 0. The summed E-state index contributed by atoms with van der Waals surface area (Å²) in [6.45, 7) is 27.8. The maximum atomic E-state index is 8.84. The van der Waals surface area contributed by atoms with Gasteiger partial charge >= 0.3 is 0 Å². The van der Waals surface area contributed by atoms with Gasteiger partial charge < -0.3 is 4.74 Å². The lowest BCUT2D eigenvalue weighted by Gasteiger charge is -2.41. The minimum absolute atomic E-state index is 0.111. The Bertz CT molecular complexity index is 491. The lowest BCUT2D eigenvalue weighted by Crippen LogP contribution is -2.38. The Morgan fingerprint density at radius 3 is 1.96 bits per heavy atom. The Morgan fingerprint density at radius 1 is 0.963 bits per heavy atom. The van der Waals surface area contributed by atoms with Gasteiger partial charge in [0.15, 0.2) is 0 Å². The van der Waals surface area contributed by atoms with Crippen LogP contribution in [0.1, 0.15) is 101 Å². The zero-order chi connectivity index (χ0) is 21.5. The summed E-state index contributed by atoms with van der Waals surface area (Å²) in [5, 5.41) is 8.84. The van der Waals surface area contributed by atoms with Gasteiger partial charge in [-0.2, -0.15) is 5.26 Å². The fourth-order valence-corrected chi connectivity index (χ4v) is 3.65. The molecule has 1 unspecified atom stereocenters. The van der Waals surface area contributed by atoms with Crippen LogP contribution in [0.25, 0.3) is 0 Å². The highest BCUT2D eigenvalue weighted by Gasteiger charge is 2.35. The molecule has 0 spiro atoms. The highest BCUT2D eigenvalue weighted by Crippen LogP contribution is 2.40. The maximum absolute atomic E-state index is 8.84. The van der Waals surface area contributed by atoms with Crippen molar-refractivity contribution in [3.05, 3.63) is 12.2 Å². The molecule has 0 heterocycles. The lowest BCUT2D eigenvalue weighted by molar-refractivity contribution is -0.0830. The Kier molecular flexibility index (Phi) is 10.3. The topological polar surface area (TPSA) is 33.0 Å². The maximum Gasteiger partial charge on any atom is 0.0627 e. The van der Waals surface area contributed by atoms with Gasteiger partial charge in [0, 0.05) is 6.42 Å². The van der Waals surface area contributed by atoms with E-state index in [1.807, 2.05) is 0 Å². The molecule has 158 valence electrons. The lowest BCUT2D eigenvalue weighted by atomic mass is 9.69. The van der Waals surface area contributed by atoms with Crippen molar-refractivity contribution in [1.29, 1.82) is 5.26 Å². The van der Waals surface area contributed by atoms with Crippen molar-refractivity contribution in [3.8, 4) is 6.07 Å². The first-order valence-electron chi connectivity index (χ1n) is 10.8. The second kappa shape index (κ2) is 10.7. The Morgan fingerprint density at radius 2 is 1.52 bits per heavy atom. The first-order valence-corrected chi connectivity index (χ1v) is 10.8. The molecule has 0 aromatic carbocycles. The molecule has 0 fully saturated rings. The van der Waals surface area contributed by atoms with E-state index in [9.17, 15) is 0 Å². The van der Waals surface area contributed by atoms with Crippen LogP contribution in [0.5, 0.6) is 0 Å². The van der Waals surface area contributed by atoms with Gasteiger partial charge in [-0.3, -0.25) is 0 Å². The number of ether oxygens (including phenoxy) is 1. The molecule has 0 aliphatic rings. The molecule has 0 aromatic rings. The number of nitrogens with zero attached hydrogens (tertiary/aromatic N) is 1. The summed E-state index contributed by atoms with van der Waals surface area (Å²) in [5.41, 5.74) is 1.51. The molecule has 2 heteroatoms. The Balaban J connectivity index is 4.86. The fraction of sp³-hybridized carbons (Fsp3) is 0.880. The van der Waals surface area contributed by atoms with Crippen LogP contribution in [0.15, 0.2) is 12.2 Å². The number of allylic oxidation sites excluding steroid dienone is 1. The Hall–Kier alpha value is -0.810. The molecule has 0 bridgehead atoms. The second-order valence-corrected chi connectivity index (χ2v) is 11.2. The molecule has 0 N–H and O–H groups in total. The molecule has 0 aliphatic carbocycles. The summed E-state index contributed by atoms with van der Waals surface area (Å²) in [6.07, 6.45) is 4.77. The summed E-state index contributed by atoms with van der Waals surface area (Å²) in [6, 6.07) is 2.27. The quantitative estimate of drug-likeness (QED) is 0.307. The minimum atomic E-state index is -0.141. The van der Waals surface area contributed by atoms with Gasteiger partial charge in [0.2, 0.25) is 0 Å². The third-order valence-corrected chi connectivity index (χ3v) is 6.26. The van der Waals surface area contributed by atoms with Crippen LogP contribution in [0.2, 0.25) is 0 Å². The molecule has 0 amide bonds. The van der Waals surface area contributed by atoms with Gasteiger partial charge in [0.1, 0.15) is 0 Å². The number of rotatable bonds is 13. The van der Waals surface area contributed by atoms with Crippen LogP contribution in [-0.4, -0.2) is 12.2 Å². The van der Waals surface area contributed by atoms with Gasteiger partial charge in [-0.15, -0.1) is 0 Å². The van der Waals surface area contributed by atoms with Crippen molar-refractivity contribution in [2.75, 3.05) is 6.61 Å². The average molecular weight is 378 g/mol. The largest absolute Gasteiger partial charge is 0.375 e. The molecule has 0 saturated carbocycles. The van der Waals surface area contributed by atoms with Gasteiger partial charge in [0.25, 0.3) is 0 Å². The van der Waals surface area contributed by atoms with Crippen LogP contribution in [0, 0.1) is 39.9 Å². The van der Waals surface area contributed by atoms with E-state index in [1.54, 1.807) is 0 Å². The predicted octanol–water partition coefficient (Wildman–Crippen LogP) is 7.79. The number of nitriles is 1. The first kappa shape index (κ1) is 26.2. The van der Waals surface area contributed by atoms with Crippen LogP contribution >= 0.6 is 0 Å². The SMILES string of the molecule is C=C(CC(C(C)C)C(C)(C)COC(C)(C)CCC(C)(C)CCC#N)C(C)C. The van der Waals surface area contributed by atoms with E-state index < -0.39 is 0 Å². The number of hydrogen-bond donors (Lipinski definition) is 0. The number of hydrogen-bond acceptors (Lipinski definition) is 2. The molecule has 1 atom stereocenters. The van der Waals surface area contributed by atoms with Crippen molar-refractivity contribution in [1.82, 2.24) is 0 Å². The van der Waals surface area contributed by atoms with Crippen LogP contribution < -0.4 is 0 Å². The summed E-state index contributed by atoms with van der Waals surface area (Å²) >= 11 is 0. The zero-order valence-corrected chi connectivity index (χ0v) is 20.0. The third-order valence-electron chi connectivity index (χ3n) is 6.26. The average Bonchev–Trinajstić information content (AvgIpc) is 2.54. The normalized spacial score (nSPS) is 14.5. The van der Waals surface area contributed by atoms with E-state index in [2.05, 4.69) is 81.9 Å². The summed E-state index contributed by atoms with van der Waals surface area (Å²) in [5.74, 6) is 1.71. The van der Waals surface area contributed by atoms with E-state index in [0.29, 0.717) is 24.2 Å². The molecule has 0 radical (unpaired) electrons. The van der Waals surface area contributed by atoms with Crippen LogP contribution in [-0.2, 0) is 4.74 Å². The summed E-state index contributed by atoms with van der Waals surface area (Å²) in [7, 11) is 0. The van der Waals surface area contributed by atoms with Crippen LogP contribution in [0.3, 0.4) is 0 Å². The fourth-order valence-electron chi connectivity index (χ4n) is 3.65. The zero-order valence-electron chi connectivity index (χ0n) is 20.0. The van der Waals surface area contributed by atoms with E-state index in [0.717, 1.165) is 32.3 Å². The molecule has 0 saturated heterocycles. The van der Waals surface area contributed by atoms with Crippen molar-refractivity contribution in [2.45, 2.75) is 107 Å². The van der Waals surface area contributed by atoms with Crippen molar-refractivity contribution >= 4 is 0 Å². The van der Waals surface area contributed by atoms with E-state index in [4.69, 9.17) is 10.00 Å².